The van der Waals surface area contributed by atoms with E-state index in [9.17, 15) is 0 Å². The van der Waals surface area contributed by atoms with Gasteiger partial charge < -0.3 is 11.5 Å². The average Bonchev–Trinajstić information content (AvgIpc) is 2.99. The van der Waals surface area contributed by atoms with E-state index in [-0.39, 0.29) is 5.95 Å². The Morgan fingerprint density at radius 1 is 1.04 bits per heavy atom. The third-order valence-electron chi connectivity index (χ3n) is 3.98. The minimum Gasteiger partial charge on any atom is -0.399 e. The van der Waals surface area contributed by atoms with Gasteiger partial charge in [-0.15, -0.1) is 0 Å². The molecule has 0 atom stereocenters. The molecule has 3 aromatic heterocycles. The first-order valence-corrected chi connectivity index (χ1v) is 7.86. The fourth-order valence-corrected chi connectivity index (χ4v) is 2.74. The summed E-state index contributed by atoms with van der Waals surface area (Å²) < 4.78 is 1.80. The maximum Gasteiger partial charge on any atom is 0.222 e. The summed E-state index contributed by atoms with van der Waals surface area (Å²) in [5, 5.41) is 5.28. The largest absolute Gasteiger partial charge is 0.399 e. The summed E-state index contributed by atoms with van der Waals surface area (Å²) in [4.78, 5) is 13.2. The van der Waals surface area contributed by atoms with Gasteiger partial charge in [0.25, 0.3) is 0 Å². The molecule has 0 saturated heterocycles. The van der Waals surface area contributed by atoms with Crippen molar-refractivity contribution in [2.45, 2.75) is 13.5 Å². The van der Waals surface area contributed by atoms with E-state index in [0.29, 0.717) is 17.9 Å². The van der Waals surface area contributed by atoms with E-state index >= 15 is 0 Å². The Kier molecular flexibility index (Phi) is 3.53. The van der Waals surface area contributed by atoms with Crippen LogP contribution in [0, 0.1) is 6.92 Å². The zero-order valence-corrected chi connectivity index (χ0v) is 13.7. The van der Waals surface area contributed by atoms with Crippen molar-refractivity contribution in [3.63, 3.8) is 0 Å². The summed E-state index contributed by atoms with van der Waals surface area (Å²) in [7, 11) is 0. The van der Waals surface area contributed by atoms with Gasteiger partial charge >= 0.3 is 0 Å². The fraction of sp³-hybridized carbons (Fsp3) is 0.111. The third-order valence-corrected chi connectivity index (χ3v) is 3.98. The SMILES string of the molecule is Cc1ccnc(-c2nc(N)nc3c2cnn3Cc2ccc(N)cc2)c1. The number of aromatic nitrogens is 5. The molecule has 4 N–H and O–H groups in total. The van der Waals surface area contributed by atoms with Crippen molar-refractivity contribution in [1.29, 1.82) is 0 Å². The number of anilines is 2. The fourth-order valence-electron chi connectivity index (χ4n) is 2.74. The van der Waals surface area contributed by atoms with E-state index in [1.807, 2.05) is 43.3 Å². The van der Waals surface area contributed by atoms with Gasteiger partial charge in [-0.2, -0.15) is 10.1 Å². The molecular weight excluding hydrogens is 314 g/mol. The van der Waals surface area contributed by atoms with Gasteiger partial charge in [-0.1, -0.05) is 12.1 Å². The van der Waals surface area contributed by atoms with Gasteiger partial charge in [0.1, 0.15) is 5.69 Å². The minimum absolute atomic E-state index is 0.199. The lowest BCUT2D eigenvalue weighted by Gasteiger charge is -2.06. The topological polar surface area (TPSA) is 109 Å². The van der Waals surface area contributed by atoms with Crippen LogP contribution < -0.4 is 11.5 Å². The molecule has 0 aliphatic heterocycles. The predicted octanol–water partition coefficient (Wildman–Crippen LogP) is 2.41. The van der Waals surface area contributed by atoms with E-state index in [1.165, 1.54) is 0 Å². The van der Waals surface area contributed by atoms with Crippen LogP contribution in [-0.4, -0.2) is 24.7 Å². The maximum atomic E-state index is 5.93. The summed E-state index contributed by atoms with van der Waals surface area (Å²) in [6.07, 6.45) is 3.51. The summed E-state index contributed by atoms with van der Waals surface area (Å²) >= 11 is 0. The average molecular weight is 331 g/mol. The molecule has 124 valence electrons. The lowest BCUT2D eigenvalue weighted by Crippen LogP contribution is -2.05. The van der Waals surface area contributed by atoms with Crippen LogP contribution in [0.1, 0.15) is 11.1 Å². The number of nitrogens with two attached hydrogens (primary N) is 2. The number of fused-ring (bicyclic) bond motifs is 1. The van der Waals surface area contributed by atoms with Crippen LogP contribution in [0.25, 0.3) is 22.4 Å². The number of nitrogens with zero attached hydrogens (tertiary/aromatic N) is 5. The zero-order chi connectivity index (χ0) is 17.4. The second kappa shape index (κ2) is 5.86. The van der Waals surface area contributed by atoms with Gasteiger partial charge in [-0.05, 0) is 42.3 Å². The molecule has 0 bridgehead atoms. The van der Waals surface area contributed by atoms with Crippen molar-refractivity contribution in [3.05, 3.63) is 59.9 Å². The van der Waals surface area contributed by atoms with Gasteiger partial charge in [0.15, 0.2) is 5.65 Å². The molecule has 0 aliphatic rings. The summed E-state index contributed by atoms with van der Waals surface area (Å²) in [5.41, 5.74) is 16.7. The van der Waals surface area contributed by atoms with Crippen molar-refractivity contribution in [2.24, 2.45) is 0 Å². The molecule has 0 spiro atoms. The molecule has 7 heteroatoms. The van der Waals surface area contributed by atoms with Crippen LogP contribution in [0.3, 0.4) is 0 Å². The second-order valence-electron chi connectivity index (χ2n) is 5.93. The standard InChI is InChI=1S/C18H17N7/c1-11-6-7-21-15(8-11)16-14-9-22-25(17(14)24-18(20)23-16)10-12-2-4-13(19)5-3-12/h2-9H,10,19H2,1H3,(H2,20,23,24). The Labute approximate surface area is 144 Å². The molecule has 4 rings (SSSR count). The third kappa shape index (κ3) is 2.87. The molecule has 3 heterocycles. The molecule has 0 radical (unpaired) electrons. The highest BCUT2D eigenvalue weighted by atomic mass is 15.3. The number of hydrogen-bond donors (Lipinski definition) is 2. The zero-order valence-electron chi connectivity index (χ0n) is 13.7. The van der Waals surface area contributed by atoms with Gasteiger partial charge in [0.2, 0.25) is 5.95 Å². The predicted molar refractivity (Wildman–Crippen MR) is 97.7 cm³/mol. The van der Waals surface area contributed by atoms with Crippen LogP contribution in [0.2, 0.25) is 0 Å². The van der Waals surface area contributed by atoms with Gasteiger partial charge in [-0.25, -0.2) is 9.67 Å². The van der Waals surface area contributed by atoms with Crippen molar-refractivity contribution < 1.29 is 0 Å². The molecule has 7 nitrogen and oxygen atoms in total. The van der Waals surface area contributed by atoms with Crippen molar-refractivity contribution in [2.75, 3.05) is 11.5 Å². The molecule has 1 aromatic carbocycles. The second-order valence-corrected chi connectivity index (χ2v) is 5.93. The van der Waals surface area contributed by atoms with E-state index < -0.39 is 0 Å². The summed E-state index contributed by atoms with van der Waals surface area (Å²) in [6.45, 7) is 2.58. The van der Waals surface area contributed by atoms with E-state index in [1.54, 1.807) is 17.1 Å². The monoisotopic (exact) mass is 331 g/mol. The van der Waals surface area contributed by atoms with Crippen molar-refractivity contribution >= 4 is 22.7 Å². The Balaban J connectivity index is 1.82. The molecule has 25 heavy (non-hydrogen) atoms. The first-order chi connectivity index (χ1) is 12.1. The minimum atomic E-state index is 0.199. The molecule has 0 aliphatic carbocycles. The molecular formula is C18H17N7. The summed E-state index contributed by atoms with van der Waals surface area (Å²) in [6, 6.07) is 11.6. The Hall–Kier alpha value is -3.48. The number of aryl methyl sites for hydroxylation is 1. The molecule has 0 amide bonds. The summed E-state index contributed by atoms with van der Waals surface area (Å²) in [5.74, 6) is 0.199. The van der Waals surface area contributed by atoms with Crippen LogP contribution in [-0.2, 0) is 6.54 Å². The number of pyridine rings is 1. The molecule has 0 saturated carbocycles. The Morgan fingerprint density at radius 3 is 2.60 bits per heavy atom. The van der Waals surface area contributed by atoms with Crippen molar-refractivity contribution in [1.82, 2.24) is 24.7 Å². The lowest BCUT2D eigenvalue weighted by atomic mass is 10.1. The number of rotatable bonds is 3. The first kappa shape index (κ1) is 15.1. The maximum absolute atomic E-state index is 5.93. The van der Waals surface area contributed by atoms with Crippen LogP contribution in [0.5, 0.6) is 0 Å². The van der Waals surface area contributed by atoms with Gasteiger partial charge in [0, 0.05) is 11.9 Å². The molecule has 0 unspecified atom stereocenters. The Bertz CT molecular complexity index is 1050. The number of benzene rings is 1. The molecule has 4 aromatic rings. The van der Waals surface area contributed by atoms with Crippen LogP contribution in [0.4, 0.5) is 11.6 Å². The van der Waals surface area contributed by atoms with Gasteiger partial charge in [0.05, 0.1) is 23.8 Å². The highest BCUT2D eigenvalue weighted by molar-refractivity contribution is 5.90. The normalized spacial score (nSPS) is 11.1. The van der Waals surface area contributed by atoms with E-state index in [2.05, 4.69) is 20.1 Å². The molecule has 0 fully saturated rings. The highest BCUT2D eigenvalue weighted by Crippen LogP contribution is 2.26. The highest BCUT2D eigenvalue weighted by Gasteiger charge is 2.14. The van der Waals surface area contributed by atoms with E-state index in [0.717, 1.165) is 27.9 Å². The number of nitrogen functional groups attached to an aromatic ring is 2. The van der Waals surface area contributed by atoms with Crippen LogP contribution >= 0.6 is 0 Å². The van der Waals surface area contributed by atoms with Crippen LogP contribution in [0.15, 0.2) is 48.8 Å². The van der Waals surface area contributed by atoms with E-state index in [4.69, 9.17) is 11.5 Å². The number of hydrogen-bond acceptors (Lipinski definition) is 6. The smallest absolute Gasteiger partial charge is 0.222 e. The first-order valence-electron chi connectivity index (χ1n) is 7.86. The van der Waals surface area contributed by atoms with Gasteiger partial charge in [-0.3, -0.25) is 4.98 Å². The quantitative estimate of drug-likeness (QED) is 0.558. The Morgan fingerprint density at radius 2 is 1.84 bits per heavy atom. The van der Waals surface area contributed by atoms with Crippen molar-refractivity contribution in [3.8, 4) is 11.4 Å². The lowest BCUT2D eigenvalue weighted by molar-refractivity contribution is 0.704.